The molecule has 0 unspecified atom stereocenters. The second kappa shape index (κ2) is 15.3. The van der Waals surface area contributed by atoms with Gasteiger partial charge in [-0.1, -0.05) is 141 Å². The Morgan fingerprint density at radius 2 is 1.08 bits per heavy atom. The fourth-order valence-electron chi connectivity index (χ4n) is 6.71. The standard InChI is InChI=1S/C48H51N2O.Pt/c1-30(2)39-18-14-19-40(31(3)4)46(39)34-21-22-49-42(26-34)32-15-13-16-33(23-32)43-27-36(28-44(50-43)41-17-11-12-20-45(41)51)35-24-37(47(5,6)7)29-38(25-35)48(8,9)10;/h11-22,24-31,51H,1-10H3;/q-1;. The van der Waals surface area contributed by atoms with Crippen molar-refractivity contribution in [3.8, 4) is 61.8 Å². The number of benzene rings is 4. The third-order valence-corrected chi connectivity index (χ3v) is 9.77. The fourth-order valence-corrected chi connectivity index (χ4v) is 6.71. The van der Waals surface area contributed by atoms with Crippen molar-refractivity contribution >= 4 is 0 Å². The van der Waals surface area contributed by atoms with Crippen LogP contribution in [-0.4, -0.2) is 15.1 Å². The zero-order valence-electron chi connectivity index (χ0n) is 32.2. The van der Waals surface area contributed by atoms with Gasteiger partial charge in [0.15, 0.2) is 0 Å². The second-order valence-corrected chi connectivity index (χ2v) is 16.5. The molecule has 0 aliphatic rings. The Labute approximate surface area is 325 Å². The quantitative estimate of drug-likeness (QED) is 0.163. The normalized spacial score (nSPS) is 11.9. The summed E-state index contributed by atoms with van der Waals surface area (Å²) in [6, 6.07) is 39.5. The van der Waals surface area contributed by atoms with Crippen molar-refractivity contribution in [1.29, 1.82) is 0 Å². The van der Waals surface area contributed by atoms with Gasteiger partial charge in [0, 0.05) is 44.2 Å². The van der Waals surface area contributed by atoms with Gasteiger partial charge in [0.2, 0.25) is 0 Å². The number of hydrogen-bond acceptors (Lipinski definition) is 3. The van der Waals surface area contributed by atoms with Crippen LogP contribution in [0.4, 0.5) is 0 Å². The summed E-state index contributed by atoms with van der Waals surface area (Å²) < 4.78 is 0. The van der Waals surface area contributed by atoms with Crippen LogP contribution in [0.1, 0.15) is 103 Å². The molecule has 0 bridgehead atoms. The van der Waals surface area contributed by atoms with Crippen molar-refractivity contribution in [3.63, 3.8) is 0 Å². The van der Waals surface area contributed by atoms with Crippen molar-refractivity contribution < 1.29 is 26.2 Å². The summed E-state index contributed by atoms with van der Waals surface area (Å²) in [6.07, 6.45) is 1.91. The molecule has 2 heterocycles. The van der Waals surface area contributed by atoms with E-state index < -0.39 is 0 Å². The summed E-state index contributed by atoms with van der Waals surface area (Å²) in [5, 5.41) is 11.0. The van der Waals surface area contributed by atoms with E-state index in [0.29, 0.717) is 23.1 Å². The van der Waals surface area contributed by atoms with E-state index in [0.717, 1.165) is 33.6 Å². The monoisotopic (exact) mass is 866 g/mol. The Hall–Kier alpha value is -4.33. The molecule has 0 saturated carbocycles. The smallest absolute Gasteiger partial charge is 0.124 e. The Morgan fingerprint density at radius 1 is 0.558 bits per heavy atom. The summed E-state index contributed by atoms with van der Waals surface area (Å²) in [7, 11) is 0. The summed E-state index contributed by atoms with van der Waals surface area (Å²) in [5.74, 6) is 0.990. The number of aromatic nitrogens is 2. The van der Waals surface area contributed by atoms with E-state index in [9.17, 15) is 5.11 Å². The zero-order valence-corrected chi connectivity index (χ0v) is 34.5. The van der Waals surface area contributed by atoms with E-state index in [4.69, 9.17) is 9.97 Å². The number of phenols is 1. The molecule has 0 spiro atoms. The molecule has 0 fully saturated rings. The van der Waals surface area contributed by atoms with Crippen LogP contribution >= 0.6 is 0 Å². The van der Waals surface area contributed by atoms with Gasteiger partial charge in [0.1, 0.15) is 5.75 Å². The molecule has 0 saturated heterocycles. The number of nitrogens with zero attached hydrogens (tertiary/aromatic N) is 2. The van der Waals surface area contributed by atoms with Crippen LogP contribution in [0, 0.1) is 6.07 Å². The molecule has 0 atom stereocenters. The number of pyridine rings is 2. The molecule has 270 valence electrons. The Bertz CT molecular complexity index is 2140. The maximum absolute atomic E-state index is 11.0. The summed E-state index contributed by atoms with van der Waals surface area (Å²) in [5.41, 5.74) is 14.7. The van der Waals surface area contributed by atoms with Crippen LogP contribution in [0.3, 0.4) is 0 Å². The molecule has 3 nitrogen and oxygen atoms in total. The van der Waals surface area contributed by atoms with Gasteiger partial charge >= 0.3 is 0 Å². The van der Waals surface area contributed by atoms with Gasteiger partial charge in [-0.3, -0.25) is 9.97 Å². The molecule has 6 rings (SSSR count). The molecule has 0 amide bonds. The van der Waals surface area contributed by atoms with Crippen LogP contribution < -0.4 is 0 Å². The molecule has 0 radical (unpaired) electrons. The van der Waals surface area contributed by atoms with Gasteiger partial charge < -0.3 is 5.11 Å². The van der Waals surface area contributed by atoms with Crippen LogP contribution in [0.25, 0.3) is 56.0 Å². The maximum Gasteiger partial charge on any atom is 0.124 e. The van der Waals surface area contributed by atoms with Gasteiger partial charge in [0.25, 0.3) is 0 Å². The molecule has 0 aliphatic heterocycles. The van der Waals surface area contributed by atoms with Gasteiger partial charge in [-0.2, -0.15) is 0 Å². The van der Waals surface area contributed by atoms with E-state index >= 15 is 0 Å². The molecular weight excluding hydrogens is 816 g/mol. The number of hydrogen-bond donors (Lipinski definition) is 1. The van der Waals surface area contributed by atoms with Gasteiger partial charge in [-0.25, -0.2) is 0 Å². The van der Waals surface area contributed by atoms with Crippen molar-refractivity contribution in [2.75, 3.05) is 0 Å². The number of aromatic hydroxyl groups is 1. The minimum Gasteiger partial charge on any atom is -0.507 e. The van der Waals surface area contributed by atoms with E-state index in [1.165, 1.54) is 33.4 Å². The third kappa shape index (κ3) is 8.32. The average molecular weight is 867 g/mol. The Morgan fingerprint density at radius 3 is 1.65 bits per heavy atom. The Balaban J connectivity index is 0.00000523. The Kier molecular flexibility index (Phi) is 11.5. The fraction of sp³-hybridized carbons (Fsp3) is 0.292. The molecule has 52 heavy (non-hydrogen) atoms. The van der Waals surface area contributed by atoms with E-state index in [1.807, 2.05) is 24.4 Å². The van der Waals surface area contributed by atoms with E-state index in [-0.39, 0.29) is 37.6 Å². The second-order valence-electron chi connectivity index (χ2n) is 16.5. The number of rotatable bonds is 7. The minimum atomic E-state index is -0.0261. The topological polar surface area (TPSA) is 46.0 Å². The maximum atomic E-state index is 11.0. The van der Waals surface area contributed by atoms with Crippen molar-refractivity contribution in [3.05, 3.63) is 138 Å². The molecular formula is C48H51N2OPt-. The largest absolute Gasteiger partial charge is 0.507 e. The van der Waals surface area contributed by atoms with Gasteiger partial charge in [0.05, 0.1) is 5.69 Å². The van der Waals surface area contributed by atoms with Crippen LogP contribution in [0.2, 0.25) is 0 Å². The first-order chi connectivity index (χ1) is 24.1. The van der Waals surface area contributed by atoms with Gasteiger partial charge in [-0.15, -0.1) is 24.3 Å². The molecule has 4 aromatic carbocycles. The SMILES string of the molecule is CC(C)c1cccc(C(C)C)c1-c1ccnc(-c2[c-]c(-c3cc(-c4cc(C(C)(C)C)cc(C(C)(C)C)c4)cc(-c4ccccc4O)n3)ccc2)c1.[Pt]. The number of para-hydroxylation sites is 1. The van der Waals surface area contributed by atoms with Crippen molar-refractivity contribution in [1.82, 2.24) is 9.97 Å². The summed E-state index contributed by atoms with van der Waals surface area (Å²) in [4.78, 5) is 9.99. The molecule has 6 aromatic rings. The molecule has 0 aliphatic carbocycles. The summed E-state index contributed by atoms with van der Waals surface area (Å²) in [6.45, 7) is 22.6. The van der Waals surface area contributed by atoms with Crippen LogP contribution in [0.5, 0.6) is 5.75 Å². The first-order valence-corrected chi connectivity index (χ1v) is 18.2. The average Bonchev–Trinajstić information content (AvgIpc) is 3.10. The van der Waals surface area contributed by atoms with Gasteiger partial charge in [-0.05, 0) is 91.4 Å². The van der Waals surface area contributed by atoms with Crippen LogP contribution in [-0.2, 0) is 31.9 Å². The predicted octanol–water partition coefficient (Wildman–Crippen LogP) is 13.2. The third-order valence-electron chi connectivity index (χ3n) is 9.77. The zero-order chi connectivity index (χ0) is 36.7. The van der Waals surface area contributed by atoms with Crippen LogP contribution in [0.15, 0.2) is 109 Å². The minimum absolute atomic E-state index is 0. The summed E-state index contributed by atoms with van der Waals surface area (Å²) >= 11 is 0. The molecule has 2 aromatic heterocycles. The molecule has 4 heteroatoms. The number of phenolic OH excluding ortho intramolecular Hbond substituents is 1. The van der Waals surface area contributed by atoms with E-state index in [2.05, 4.69) is 154 Å². The predicted molar refractivity (Wildman–Crippen MR) is 215 cm³/mol. The van der Waals surface area contributed by atoms with Crippen molar-refractivity contribution in [2.24, 2.45) is 0 Å². The first kappa shape index (κ1) is 38.9. The first-order valence-electron chi connectivity index (χ1n) is 18.2. The van der Waals surface area contributed by atoms with Crippen molar-refractivity contribution in [2.45, 2.75) is 91.9 Å². The van der Waals surface area contributed by atoms with E-state index in [1.54, 1.807) is 6.07 Å². The molecule has 1 N–H and O–H groups in total.